The van der Waals surface area contributed by atoms with Gasteiger partial charge in [0.25, 0.3) is 0 Å². The molecule has 0 aliphatic rings. The lowest BCUT2D eigenvalue weighted by Gasteiger charge is -2.20. The monoisotopic (exact) mass is 415 g/mol. The number of thiazole rings is 1. The highest BCUT2D eigenvalue weighted by Crippen LogP contribution is 2.37. The van der Waals surface area contributed by atoms with E-state index >= 15 is 0 Å². The van der Waals surface area contributed by atoms with Crippen LogP contribution in [0.25, 0.3) is 10.4 Å². The van der Waals surface area contributed by atoms with E-state index in [1.165, 1.54) is 17.4 Å². The molecule has 0 aliphatic heterocycles. The van der Waals surface area contributed by atoms with Crippen molar-refractivity contribution in [2.45, 2.75) is 38.1 Å². The second-order valence-electron chi connectivity index (χ2n) is 5.63. The third kappa shape index (κ3) is 7.03. The fourth-order valence-corrected chi connectivity index (χ4v) is 3.81. The first-order valence-corrected chi connectivity index (χ1v) is 9.50. The number of carbonyl (C=O) groups excluding carboxylic acids is 1. The SMILES string of the molecule is CC=O.CNc1ccc(-c2cnc(Br)s2)c(SNC(C)(C)C)c1. The van der Waals surface area contributed by atoms with Gasteiger partial charge in [-0.25, -0.2) is 4.98 Å². The highest BCUT2D eigenvalue weighted by molar-refractivity contribution is 9.11. The maximum atomic E-state index is 8.81. The number of hydrogen-bond acceptors (Lipinski definition) is 6. The van der Waals surface area contributed by atoms with Gasteiger partial charge >= 0.3 is 0 Å². The highest BCUT2D eigenvalue weighted by atomic mass is 79.9. The van der Waals surface area contributed by atoms with E-state index in [0.29, 0.717) is 0 Å². The molecule has 2 N–H and O–H groups in total. The Morgan fingerprint density at radius 3 is 2.48 bits per heavy atom. The number of rotatable bonds is 4. The largest absolute Gasteiger partial charge is 0.388 e. The summed E-state index contributed by atoms with van der Waals surface area (Å²) in [6.07, 6.45) is 2.66. The topological polar surface area (TPSA) is 54.0 Å². The molecule has 0 bridgehead atoms. The van der Waals surface area contributed by atoms with Crippen molar-refractivity contribution in [3.8, 4) is 10.4 Å². The number of halogens is 1. The number of anilines is 1. The van der Waals surface area contributed by atoms with Crippen LogP contribution in [-0.4, -0.2) is 23.9 Å². The van der Waals surface area contributed by atoms with E-state index in [1.807, 2.05) is 13.2 Å². The average Bonchev–Trinajstić information content (AvgIpc) is 2.91. The van der Waals surface area contributed by atoms with Gasteiger partial charge in [-0.05, 0) is 67.7 Å². The zero-order valence-corrected chi connectivity index (χ0v) is 17.2. The van der Waals surface area contributed by atoms with Gasteiger partial charge in [0.1, 0.15) is 6.29 Å². The van der Waals surface area contributed by atoms with Gasteiger partial charge in [-0.2, -0.15) is 0 Å². The highest BCUT2D eigenvalue weighted by Gasteiger charge is 2.14. The molecule has 0 aliphatic carbocycles. The minimum absolute atomic E-state index is 0.0614. The maximum absolute atomic E-state index is 8.81. The van der Waals surface area contributed by atoms with Gasteiger partial charge in [-0.15, -0.1) is 11.3 Å². The molecule has 1 aromatic heterocycles. The van der Waals surface area contributed by atoms with E-state index < -0.39 is 0 Å². The lowest BCUT2D eigenvalue weighted by Crippen LogP contribution is -2.29. The first kappa shape index (κ1) is 20.2. The first-order chi connectivity index (χ1) is 10.8. The number of hydrogen-bond donors (Lipinski definition) is 2. The summed E-state index contributed by atoms with van der Waals surface area (Å²) in [4.78, 5) is 15.4. The maximum Gasteiger partial charge on any atom is 0.159 e. The van der Waals surface area contributed by atoms with Crippen molar-refractivity contribution >= 4 is 51.2 Å². The quantitative estimate of drug-likeness (QED) is 0.529. The zero-order valence-electron chi connectivity index (χ0n) is 13.9. The molecule has 0 fully saturated rings. The Morgan fingerprint density at radius 2 is 2.00 bits per heavy atom. The van der Waals surface area contributed by atoms with Crippen molar-refractivity contribution in [3.63, 3.8) is 0 Å². The minimum atomic E-state index is 0.0614. The molecule has 0 atom stereocenters. The van der Waals surface area contributed by atoms with Crippen molar-refractivity contribution in [1.29, 1.82) is 0 Å². The van der Waals surface area contributed by atoms with Gasteiger partial charge in [-0.3, -0.25) is 4.72 Å². The Morgan fingerprint density at radius 1 is 1.35 bits per heavy atom. The van der Waals surface area contributed by atoms with Crippen LogP contribution in [0.1, 0.15) is 27.7 Å². The molecule has 0 saturated carbocycles. The Kier molecular flexibility index (Phi) is 8.25. The third-order valence-electron chi connectivity index (χ3n) is 2.48. The minimum Gasteiger partial charge on any atom is -0.388 e. The summed E-state index contributed by atoms with van der Waals surface area (Å²) < 4.78 is 4.38. The summed E-state index contributed by atoms with van der Waals surface area (Å²) in [5.74, 6) is 0. The molecule has 0 saturated heterocycles. The summed E-state index contributed by atoms with van der Waals surface area (Å²) in [7, 11) is 1.93. The number of aromatic nitrogens is 1. The standard InChI is InChI=1S/C14H18BrN3S2.C2H4O/c1-14(2,3)18-20-11-7-9(16-4)5-6-10(11)12-8-17-13(15)19-12;1-2-3/h5-8,16,18H,1-4H3;2H,1H3. The van der Waals surface area contributed by atoms with E-state index in [1.54, 1.807) is 23.3 Å². The van der Waals surface area contributed by atoms with Crippen LogP contribution in [0.2, 0.25) is 0 Å². The van der Waals surface area contributed by atoms with Crippen molar-refractivity contribution in [3.05, 3.63) is 28.3 Å². The molecule has 2 rings (SSSR count). The van der Waals surface area contributed by atoms with Crippen molar-refractivity contribution in [2.24, 2.45) is 0 Å². The molecule has 1 heterocycles. The van der Waals surface area contributed by atoms with Crippen molar-refractivity contribution in [2.75, 3.05) is 12.4 Å². The number of benzene rings is 1. The fraction of sp³-hybridized carbons (Fsp3) is 0.375. The molecule has 4 nitrogen and oxygen atoms in total. The molecular formula is C16H22BrN3OS2. The lowest BCUT2D eigenvalue weighted by molar-refractivity contribution is -0.106. The van der Waals surface area contributed by atoms with Crippen molar-refractivity contribution < 1.29 is 4.79 Å². The molecule has 23 heavy (non-hydrogen) atoms. The summed E-state index contributed by atoms with van der Waals surface area (Å²) >= 11 is 6.73. The summed E-state index contributed by atoms with van der Waals surface area (Å²) in [6, 6.07) is 6.38. The van der Waals surface area contributed by atoms with Crippen LogP contribution in [0.3, 0.4) is 0 Å². The van der Waals surface area contributed by atoms with E-state index in [9.17, 15) is 0 Å². The average molecular weight is 416 g/mol. The number of nitrogens with zero attached hydrogens (tertiary/aromatic N) is 1. The van der Waals surface area contributed by atoms with Crippen LogP contribution in [0, 0.1) is 0 Å². The Labute approximate surface area is 154 Å². The normalized spacial score (nSPS) is 10.7. The van der Waals surface area contributed by atoms with Crippen molar-refractivity contribution in [1.82, 2.24) is 9.71 Å². The van der Waals surface area contributed by atoms with E-state index in [4.69, 9.17) is 4.79 Å². The molecule has 1 aromatic carbocycles. The predicted molar refractivity (Wildman–Crippen MR) is 105 cm³/mol. The molecule has 0 amide bonds. The van der Waals surface area contributed by atoms with Crippen LogP contribution in [0.5, 0.6) is 0 Å². The number of aldehydes is 1. The smallest absolute Gasteiger partial charge is 0.159 e. The Hall–Kier alpha value is -0.890. The molecule has 2 aromatic rings. The van der Waals surface area contributed by atoms with Gasteiger partial charge in [0, 0.05) is 34.9 Å². The van der Waals surface area contributed by atoms with E-state index in [2.05, 4.69) is 69.9 Å². The van der Waals surface area contributed by atoms with Crippen LogP contribution < -0.4 is 10.0 Å². The predicted octanol–water partition coefficient (Wildman–Crippen LogP) is 5.21. The summed E-state index contributed by atoms with van der Waals surface area (Å²) in [5, 5.41) is 3.19. The molecule has 126 valence electrons. The van der Waals surface area contributed by atoms with Crippen LogP contribution >= 0.6 is 39.2 Å². The van der Waals surface area contributed by atoms with Crippen LogP contribution in [-0.2, 0) is 4.79 Å². The third-order valence-corrected chi connectivity index (χ3v) is 5.26. The molecule has 0 spiro atoms. The van der Waals surface area contributed by atoms with Crippen LogP contribution in [0.4, 0.5) is 5.69 Å². The molecular weight excluding hydrogens is 394 g/mol. The summed E-state index contributed by atoms with van der Waals surface area (Å²) in [6.45, 7) is 7.92. The van der Waals surface area contributed by atoms with E-state index in [0.717, 1.165) is 20.8 Å². The number of carbonyl (C=O) groups is 1. The van der Waals surface area contributed by atoms with Gasteiger partial charge in [-0.1, -0.05) is 6.07 Å². The van der Waals surface area contributed by atoms with Gasteiger partial charge in [0.05, 0.1) is 4.88 Å². The summed E-state index contributed by atoms with van der Waals surface area (Å²) in [5.41, 5.74) is 2.37. The second kappa shape index (κ2) is 9.42. The lowest BCUT2D eigenvalue weighted by atomic mass is 10.1. The Balaban J connectivity index is 0.000000816. The van der Waals surface area contributed by atoms with Gasteiger partial charge in [0.15, 0.2) is 3.92 Å². The number of nitrogens with one attached hydrogen (secondary N) is 2. The first-order valence-electron chi connectivity index (χ1n) is 7.08. The molecule has 0 unspecified atom stereocenters. The molecule has 7 heteroatoms. The van der Waals surface area contributed by atoms with Crippen LogP contribution in [0.15, 0.2) is 33.2 Å². The fourth-order valence-electron chi connectivity index (χ4n) is 1.55. The second-order valence-corrected chi connectivity index (χ2v) is 8.78. The van der Waals surface area contributed by atoms with Gasteiger partial charge < -0.3 is 10.1 Å². The van der Waals surface area contributed by atoms with Gasteiger partial charge in [0.2, 0.25) is 0 Å². The Bertz CT molecular complexity index is 638. The molecule has 0 radical (unpaired) electrons. The van der Waals surface area contributed by atoms with E-state index in [-0.39, 0.29) is 5.54 Å². The zero-order chi connectivity index (χ0) is 17.5.